The highest BCUT2D eigenvalue weighted by Gasteiger charge is 2.25. The largest absolute Gasteiger partial charge is 0.497 e. The first-order chi connectivity index (χ1) is 15.2. The zero-order valence-corrected chi connectivity index (χ0v) is 20.3. The second kappa shape index (κ2) is 10.2. The third-order valence-electron chi connectivity index (χ3n) is 5.93. The predicted octanol–water partition coefficient (Wildman–Crippen LogP) is 5.51. The van der Waals surface area contributed by atoms with Crippen LogP contribution in [-0.4, -0.2) is 40.4 Å². The molecule has 1 aliphatic rings. The van der Waals surface area contributed by atoms with E-state index in [1.807, 2.05) is 28.8 Å². The Labute approximate surface area is 192 Å². The molecule has 5 nitrogen and oxygen atoms in total. The van der Waals surface area contributed by atoms with Gasteiger partial charge in [-0.05, 0) is 49.2 Å². The fraction of sp³-hybridized carbons (Fsp3) is 0.500. The summed E-state index contributed by atoms with van der Waals surface area (Å²) >= 11 is 3.40. The van der Waals surface area contributed by atoms with E-state index in [0.29, 0.717) is 0 Å². The van der Waals surface area contributed by atoms with Crippen molar-refractivity contribution in [3.63, 3.8) is 0 Å². The molecular formula is C24H31N3O2S2. The third kappa shape index (κ3) is 4.69. The van der Waals surface area contributed by atoms with Gasteiger partial charge in [0.15, 0.2) is 5.16 Å². The third-order valence-corrected chi connectivity index (χ3v) is 8.07. The molecule has 0 N–H and O–H groups in total. The van der Waals surface area contributed by atoms with E-state index in [1.165, 1.54) is 29.7 Å². The van der Waals surface area contributed by atoms with Gasteiger partial charge < -0.3 is 4.74 Å². The molecule has 4 rings (SSSR count). The lowest BCUT2D eigenvalue weighted by Crippen LogP contribution is -2.30. The van der Waals surface area contributed by atoms with Crippen molar-refractivity contribution in [2.75, 3.05) is 26.0 Å². The van der Waals surface area contributed by atoms with Crippen molar-refractivity contribution >= 4 is 33.3 Å². The molecule has 0 unspecified atom stereocenters. The standard InChI is InChI=1S/C24H31N3O2S2/c1-4-6-7-8-15-30-24-25-22-21(19-13-14-26(5-2)16-20(19)31-22)23(28)27(24)17-9-11-18(29-3)12-10-17/h9-12H,4-8,13-16H2,1-3H3. The molecule has 0 atom stereocenters. The number of methoxy groups -OCH3 is 1. The quantitative estimate of drug-likeness (QED) is 0.241. The van der Waals surface area contributed by atoms with Gasteiger partial charge in [0.1, 0.15) is 10.6 Å². The van der Waals surface area contributed by atoms with E-state index in [2.05, 4.69) is 18.7 Å². The van der Waals surface area contributed by atoms with Crippen LogP contribution in [0.2, 0.25) is 0 Å². The molecular weight excluding hydrogens is 426 g/mol. The average Bonchev–Trinajstić information content (AvgIpc) is 3.17. The van der Waals surface area contributed by atoms with Gasteiger partial charge >= 0.3 is 0 Å². The number of hydrogen-bond donors (Lipinski definition) is 0. The van der Waals surface area contributed by atoms with Gasteiger partial charge in [-0.1, -0.05) is 44.9 Å². The number of fused-ring (bicyclic) bond motifs is 3. The van der Waals surface area contributed by atoms with Gasteiger partial charge in [0.2, 0.25) is 0 Å². The minimum Gasteiger partial charge on any atom is -0.497 e. The summed E-state index contributed by atoms with van der Waals surface area (Å²) in [5, 5.41) is 1.62. The van der Waals surface area contributed by atoms with Crippen LogP contribution in [0, 0.1) is 0 Å². The Morgan fingerprint density at radius 1 is 1.16 bits per heavy atom. The molecule has 0 amide bonds. The minimum atomic E-state index is 0.0636. The molecule has 3 aromatic rings. The molecule has 0 saturated heterocycles. The van der Waals surface area contributed by atoms with E-state index in [1.54, 1.807) is 30.2 Å². The number of thioether (sulfide) groups is 1. The molecule has 0 bridgehead atoms. The van der Waals surface area contributed by atoms with Crippen molar-refractivity contribution < 1.29 is 4.74 Å². The summed E-state index contributed by atoms with van der Waals surface area (Å²) in [7, 11) is 1.66. The number of unbranched alkanes of at least 4 members (excludes halogenated alkanes) is 3. The SMILES string of the molecule is CCCCCCSc1nc2sc3c(c2c(=O)n1-c1ccc(OC)cc1)CCN(CC)C3. The molecule has 7 heteroatoms. The number of aromatic nitrogens is 2. The number of likely N-dealkylation sites (N-methyl/N-ethyl adjacent to an activating group) is 1. The van der Waals surface area contributed by atoms with Gasteiger partial charge in [0.05, 0.1) is 18.2 Å². The Morgan fingerprint density at radius 3 is 2.68 bits per heavy atom. The predicted molar refractivity (Wildman–Crippen MR) is 131 cm³/mol. The van der Waals surface area contributed by atoms with Gasteiger partial charge in [-0.15, -0.1) is 11.3 Å². The molecule has 31 heavy (non-hydrogen) atoms. The Kier molecular flexibility index (Phi) is 7.35. The van der Waals surface area contributed by atoms with Crippen molar-refractivity contribution in [3.8, 4) is 11.4 Å². The van der Waals surface area contributed by atoms with E-state index in [4.69, 9.17) is 9.72 Å². The summed E-state index contributed by atoms with van der Waals surface area (Å²) in [5.74, 6) is 1.76. The van der Waals surface area contributed by atoms with Gasteiger partial charge in [-0.2, -0.15) is 0 Å². The first-order valence-corrected chi connectivity index (χ1v) is 13.0. The Morgan fingerprint density at radius 2 is 1.97 bits per heavy atom. The van der Waals surface area contributed by atoms with E-state index >= 15 is 0 Å². The van der Waals surface area contributed by atoms with Crippen molar-refractivity contribution in [3.05, 3.63) is 45.1 Å². The van der Waals surface area contributed by atoms with Crippen LogP contribution >= 0.6 is 23.1 Å². The molecule has 0 aliphatic carbocycles. The lowest BCUT2D eigenvalue weighted by Gasteiger charge is -2.25. The van der Waals surface area contributed by atoms with Gasteiger partial charge in [-0.3, -0.25) is 14.3 Å². The normalized spacial score (nSPS) is 14.2. The lowest BCUT2D eigenvalue weighted by atomic mass is 10.1. The van der Waals surface area contributed by atoms with Crippen LogP contribution in [0.4, 0.5) is 0 Å². The van der Waals surface area contributed by atoms with Gasteiger partial charge in [-0.25, -0.2) is 4.98 Å². The van der Waals surface area contributed by atoms with E-state index < -0.39 is 0 Å². The molecule has 0 radical (unpaired) electrons. The summed E-state index contributed by atoms with van der Waals surface area (Å²) in [5.41, 5.74) is 2.12. The molecule has 0 spiro atoms. The molecule has 2 aromatic heterocycles. The van der Waals surface area contributed by atoms with Crippen molar-refractivity contribution in [2.24, 2.45) is 0 Å². The lowest BCUT2D eigenvalue weighted by molar-refractivity contribution is 0.272. The Hall–Kier alpha value is -1.83. The minimum absolute atomic E-state index is 0.0636. The van der Waals surface area contributed by atoms with Crippen molar-refractivity contribution in [1.82, 2.24) is 14.5 Å². The van der Waals surface area contributed by atoms with Crippen molar-refractivity contribution in [2.45, 2.75) is 57.7 Å². The summed E-state index contributed by atoms with van der Waals surface area (Å²) < 4.78 is 7.12. The number of nitrogens with zero attached hydrogens (tertiary/aromatic N) is 3. The average molecular weight is 458 g/mol. The maximum absolute atomic E-state index is 13.8. The Balaban J connectivity index is 1.78. The van der Waals surface area contributed by atoms with Gasteiger partial charge in [0, 0.05) is 23.7 Å². The summed E-state index contributed by atoms with van der Waals surface area (Å²) in [6.07, 6.45) is 5.76. The zero-order valence-electron chi connectivity index (χ0n) is 18.6. The number of hydrogen-bond acceptors (Lipinski definition) is 6. The fourth-order valence-electron chi connectivity index (χ4n) is 4.09. The van der Waals surface area contributed by atoms with Crippen LogP contribution in [0.1, 0.15) is 50.0 Å². The highest BCUT2D eigenvalue weighted by atomic mass is 32.2. The van der Waals surface area contributed by atoms with Crippen molar-refractivity contribution in [1.29, 1.82) is 0 Å². The van der Waals surface area contributed by atoms with E-state index in [-0.39, 0.29) is 5.56 Å². The van der Waals surface area contributed by atoms with E-state index in [0.717, 1.165) is 65.0 Å². The summed E-state index contributed by atoms with van der Waals surface area (Å²) in [4.78, 5) is 23.5. The molecule has 1 aromatic carbocycles. The van der Waals surface area contributed by atoms with Crippen LogP contribution in [0.3, 0.4) is 0 Å². The van der Waals surface area contributed by atoms with Crippen LogP contribution in [0.15, 0.2) is 34.2 Å². The van der Waals surface area contributed by atoms with Crippen LogP contribution in [0.25, 0.3) is 15.9 Å². The zero-order chi connectivity index (χ0) is 21.8. The molecule has 1 aliphatic heterocycles. The number of rotatable bonds is 9. The second-order valence-corrected chi connectivity index (χ2v) is 10.1. The molecule has 3 heterocycles. The summed E-state index contributed by atoms with van der Waals surface area (Å²) in [6.45, 7) is 7.39. The first kappa shape index (κ1) is 22.4. The maximum Gasteiger partial charge on any atom is 0.267 e. The Bertz CT molecular complexity index is 1090. The maximum atomic E-state index is 13.8. The smallest absolute Gasteiger partial charge is 0.267 e. The van der Waals surface area contributed by atoms with Crippen LogP contribution in [-0.2, 0) is 13.0 Å². The van der Waals surface area contributed by atoms with E-state index in [9.17, 15) is 4.79 Å². The topological polar surface area (TPSA) is 47.4 Å². The number of thiophene rings is 1. The van der Waals surface area contributed by atoms with Gasteiger partial charge in [0.25, 0.3) is 5.56 Å². The number of benzene rings is 1. The highest BCUT2D eigenvalue weighted by molar-refractivity contribution is 7.99. The first-order valence-electron chi connectivity index (χ1n) is 11.2. The monoisotopic (exact) mass is 457 g/mol. The molecule has 166 valence electrons. The molecule has 0 fully saturated rings. The fourth-order valence-corrected chi connectivity index (χ4v) is 6.41. The number of ether oxygens (including phenoxy) is 1. The second-order valence-electron chi connectivity index (χ2n) is 7.94. The van der Waals surface area contributed by atoms with Crippen LogP contribution < -0.4 is 10.3 Å². The van der Waals surface area contributed by atoms with Crippen LogP contribution in [0.5, 0.6) is 5.75 Å². The molecule has 0 saturated carbocycles. The highest BCUT2D eigenvalue weighted by Crippen LogP contribution is 2.34. The summed E-state index contributed by atoms with van der Waals surface area (Å²) in [6, 6.07) is 7.72.